The van der Waals surface area contributed by atoms with E-state index in [2.05, 4.69) is 31.8 Å². The fourth-order valence-electron chi connectivity index (χ4n) is 1.35. The zero-order chi connectivity index (χ0) is 14.3. The normalized spacial score (nSPS) is 12.9. The van der Waals surface area contributed by atoms with Gasteiger partial charge in [0.1, 0.15) is 12.7 Å². The van der Waals surface area contributed by atoms with Crippen LogP contribution in [0.3, 0.4) is 0 Å². The summed E-state index contributed by atoms with van der Waals surface area (Å²) in [6.07, 6.45) is 11.0. The molecule has 0 radical (unpaired) electrons. The highest BCUT2D eigenvalue weighted by molar-refractivity contribution is 5.22. The lowest BCUT2D eigenvalue weighted by atomic mass is 10.1. The van der Waals surface area contributed by atoms with Crippen molar-refractivity contribution in [3.63, 3.8) is 0 Å². The van der Waals surface area contributed by atoms with E-state index < -0.39 is 6.10 Å². The van der Waals surface area contributed by atoms with E-state index in [0.717, 1.165) is 12.3 Å². The number of hydrogen-bond acceptors (Lipinski definition) is 3. The summed E-state index contributed by atoms with van der Waals surface area (Å²) < 4.78 is 4.95. The molecule has 108 valence electrons. The molecule has 0 spiro atoms. The van der Waals surface area contributed by atoms with Gasteiger partial charge >= 0.3 is 0 Å². The van der Waals surface area contributed by atoms with Crippen LogP contribution in [-0.2, 0) is 4.74 Å². The third-order valence-electron chi connectivity index (χ3n) is 2.43. The summed E-state index contributed by atoms with van der Waals surface area (Å²) in [5.74, 6) is 6.47. The molecule has 0 amide bonds. The first-order valence-corrected chi connectivity index (χ1v) is 6.88. The molecular formula is C16H26O3. The fourth-order valence-corrected chi connectivity index (χ4v) is 1.35. The SMILES string of the molecule is CC(C)CCCCC=CC#CC=COCC(O)CO. The summed E-state index contributed by atoms with van der Waals surface area (Å²) in [7, 11) is 0. The fraction of sp³-hybridized carbons (Fsp3) is 0.625. The van der Waals surface area contributed by atoms with Crippen molar-refractivity contribution in [1.82, 2.24) is 0 Å². The second-order valence-corrected chi connectivity index (χ2v) is 4.84. The minimum Gasteiger partial charge on any atom is -0.498 e. The largest absolute Gasteiger partial charge is 0.498 e. The van der Waals surface area contributed by atoms with Crippen LogP contribution in [0.4, 0.5) is 0 Å². The van der Waals surface area contributed by atoms with Crippen molar-refractivity contribution in [2.75, 3.05) is 13.2 Å². The Balaban J connectivity index is 3.49. The highest BCUT2D eigenvalue weighted by Crippen LogP contribution is 2.07. The minimum atomic E-state index is -0.830. The van der Waals surface area contributed by atoms with Gasteiger partial charge < -0.3 is 14.9 Å². The molecule has 0 aromatic carbocycles. The predicted octanol–water partition coefficient (Wildman–Crippen LogP) is 2.65. The molecule has 0 aromatic rings. The van der Waals surface area contributed by atoms with Crippen LogP contribution < -0.4 is 0 Å². The Morgan fingerprint density at radius 3 is 2.58 bits per heavy atom. The van der Waals surface area contributed by atoms with Gasteiger partial charge in [-0.3, -0.25) is 0 Å². The van der Waals surface area contributed by atoms with Crippen molar-refractivity contribution in [2.24, 2.45) is 5.92 Å². The minimum absolute atomic E-state index is 0.0837. The Kier molecular flexibility index (Phi) is 12.3. The van der Waals surface area contributed by atoms with Gasteiger partial charge in [-0.25, -0.2) is 0 Å². The smallest absolute Gasteiger partial charge is 0.115 e. The number of rotatable bonds is 9. The molecule has 2 N–H and O–H groups in total. The van der Waals surface area contributed by atoms with Gasteiger partial charge in [0.2, 0.25) is 0 Å². The highest BCUT2D eigenvalue weighted by Gasteiger charge is 1.98. The maximum absolute atomic E-state index is 8.98. The summed E-state index contributed by atoms with van der Waals surface area (Å²) in [6.45, 7) is 4.28. The Hall–Kier alpha value is -1.24. The van der Waals surface area contributed by atoms with Crippen LogP contribution in [0.25, 0.3) is 0 Å². The van der Waals surface area contributed by atoms with E-state index in [0.29, 0.717) is 0 Å². The van der Waals surface area contributed by atoms with Crippen LogP contribution in [0.15, 0.2) is 24.5 Å². The van der Waals surface area contributed by atoms with Crippen molar-refractivity contribution in [1.29, 1.82) is 0 Å². The number of hydrogen-bond donors (Lipinski definition) is 2. The molecule has 3 nitrogen and oxygen atoms in total. The van der Waals surface area contributed by atoms with Crippen molar-refractivity contribution >= 4 is 0 Å². The molecule has 0 bridgehead atoms. The molecule has 19 heavy (non-hydrogen) atoms. The standard InChI is InChI=1S/C16H26O3/c1-15(2)11-9-7-5-3-4-6-8-10-12-19-14-16(18)13-17/h3-4,10,12,15-18H,5,7,9,11,13-14H2,1-2H3. The lowest BCUT2D eigenvalue weighted by Gasteiger charge is -2.04. The quantitative estimate of drug-likeness (QED) is 0.383. The molecule has 0 saturated carbocycles. The first-order valence-electron chi connectivity index (χ1n) is 6.88. The first kappa shape index (κ1) is 17.8. The molecule has 3 heteroatoms. The number of aliphatic hydroxyl groups is 2. The maximum atomic E-state index is 8.98. The Labute approximate surface area is 117 Å². The second-order valence-electron chi connectivity index (χ2n) is 4.84. The summed E-state index contributed by atoms with van der Waals surface area (Å²) in [6, 6.07) is 0. The van der Waals surface area contributed by atoms with Gasteiger partial charge in [0.05, 0.1) is 12.9 Å². The summed E-state index contributed by atoms with van der Waals surface area (Å²) in [4.78, 5) is 0. The molecule has 0 aliphatic carbocycles. The summed E-state index contributed by atoms with van der Waals surface area (Å²) >= 11 is 0. The molecule has 0 aromatic heterocycles. The van der Waals surface area contributed by atoms with Gasteiger partial charge in [-0.15, -0.1) is 0 Å². The molecule has 1 atom stereocenters. The average molecular weight is 266 g/mol. The lowest BCUT2D eigenvalue weighted by Crippen LogP contribution is -2.17. The van der Waals surface area contributed by atoms with Crippen LogP contribution >= 0.6 is 0 Å². The number of ether oxygens (including phenoxy) is 1. The topological polar surface area (TPSA) is 49.7 Å². The number of aliphatic hydroxyl groups excluding tert-OH is 2. The average Bonchev–Trinajstić information content (AvgIpc) is 2.39. The second kappa shape index (κ2) is 13.2. The Morgan fingerprint density at radius 1 is 1.16 bits per heavy atom. The van der Waals surface area contributed by atoms with Gasteiger partial charge in [0.15, 0.2) is 0 Å². The molecule has 0 aliphatic heterocycles. The van der Waals surface area contributed by atoms with Crippen LogP contribution in [0.2, 0.25) is 0 Å². The molecule has 0 fully saturated rings. The Bertz CT molecular complexity index is 308. The van der Waals surface area contributed by atoms with Crippen molar-refractivity contribution in [2.45, 2.75) is 45.6 Å². The molecule has 0 aliphatic rings. The van der Waals surface area contributed by atoms with Crippen molar-refractivity contribution in [3.05, 3.63) is 24.5 Å². The van der Waals surface area contributed by atoms with Gasteiger partial charge in [-0.05, 0) is 24.8 Å². The summed E-state index contributed by atoms with van der Waals surface area (Å²) in [5.41, 5.74) is 0. The van der Waals surface area contributed by atoms with Gasteiger partial charge in [0.25, 0.3) is 0 Å². The molecule has 0 heterocycles. The zero-order valence-corrected chi connectivity index (χ0v) is 12.0. The monoisotopic (exact) mass is 266 g/mol. The third kappa shape index (κ3) is 14.7. The van der Waals surface area contributed by atoms with Gasteiger partial charge in [0, 0.05) is 6.08 Å². The molecular weight excluding hydrogens is 240 g/mol. The van der Waals surface area contributed by atoms with Crippen molar-refractivity contribution < 1.29 is 14.9 Å². The zero-order valence-electron chi connectivity index (χ0n) is 12.0. The van der Waals surface area contributed by atoms with Crippen molar-refractivity contribution in [3.8, 4) is 11.8 Å². The van der Waals surface area contributed by atoms with E-state index in [-0.39, 0.29) is 13.2 Å². The third-order valence-corrected chi connectivity index (χ3v) is 2.43. The predicted molar refractivity (Wildman–Crippen MR) is 78.4 cm³/mol. The number of allylic oxidation sites excluding steroid dienone is 3. The van der Waals surface area contributed by atoms with Crippen LogP contribution in [0, 0.1) is 17.8 Å². The molecule has 0 saturated heterocycles. The molecule has 0 rings (SSSR count). The molecule has 1 unspecified atom stereocenters. The van der Waals surface area contributed by atoms with E-state index in [4.69, 9.17) is 14.9 Å². The van der Waals surface area contributed by atoms with Gasteiger partial charge in [-0.2, -0.15) is 0 Å². The van der Waals surface area contributed by atoms with E-state index in [1.165, 1.54) is 25.5 Å². The van der Waals surface area contributed by atoms with Crippen LogP contribution in [-0.4, -0.2) is 29.5 Å². The van der Waals surface area contributed by atoms with E-state index >= 15 is 0 Å². The van der Waals surface area contributed by atoms with Crippen LogP contribution in [0.1, 0.15) is 39.5 Å². The lowest BCUT2D eigenvalue weighted by molar-refractivity contribution is 0.0385. The maximum Gasteiger partial charge on any atom is 0.115 e. The summed E-state index contributed by atoms with van der Waals surface area (Å²) in [5, 5.41) is 17.5. The van der Waals surface area contributed by atoms with E-state index in [1.54, 1.807) is 6.08 Å². The highest BCUT2D eigenvalue weighted by atomic mass is 16.5. The van der Waals surface area contributed by atoms with Crippen LogP contribution in [0.5, 0.6) is 0 Å². The van der Waals surface area contributed by atoms with Gasteiger partial charge in [-0.1, -0.05) is 44.6 Å². The Morgan fingerprint density at radius 2 is 1.89 bits per heavy atom. The number of unbranched alkanes of at least 4 members (excludes halogenated alkanes) is 2. The van der Waals surface area contributed by atoms with E-state index in [9.17, 15) is 0 Å². The van der Waals surface area contributed by atoms with E-state index in [1.807, 2.05) is 6.08 Å². The first-order chi connectivity index (χ1) is 9.16.